The van der Waals surface area contributed by atoms with Gasteiger partial charge in [-0.15, -0.1) is 0 Å². The summed E-state index contributed by atoms with van der Waals surface area (Å²) in [6.07, 6.45) is 1.47. The lowest BCUT2D eigenvalue weighted by atomic mass is 9.70. The van der Waals surface area contributed by atoms with Crippen LogP contribution in [0.15, 0.2) is 0 Å². The van der Waals surface area contributed by atoms with Crippen LogP contribution in [0.25, 0.3) is 0 Å². The molecule has 0 heterocycles. The van der Waals surface area contributed by atoms with E-state index >= 15 is 0 Å². The monoisotopic (exact) mass is 200 g/mol. The molecule has 0 fully saturated rings. The third kappa shape index (κ3) is 3.39. The van der Waals surface area contributed by atoms with Gasteiger partial charge in [-0.25, -0.2) is 0 Å². The first-order valence-electron chi connectivity index (χ1n) is 5.23. The van der Waals surface area contributed by atoms with E-state index in [1.54, 1.807) is 0 Å². The number of carbonyl (C=O) groups excluding carboxylic acids is 1. The first-order chi connectivity index (χ1) is 6.28. The minimum absolute atomic E-state index is 0.265. The maximum atomic E-state index is 12.2. The summed E-state index contributed by atoms with van der Waals surface area (Å²) >= 11 is 0. The zero-order valence-electron chi connectivity index (χ0n) is 9.89. The summed E-state index contributed by atoms with van der Waals surface area (Å²) < 4.78 is 0. The van der Waals surface area contributed by atoms with Crippen molar-refractivity contribution >= 4 is 5.78 Å². The van der Waals surface area contributed by atoms with Crippen LogP contribution < -0.4 is 11.5 Å². The predicted octanol–water partition coefficient (Wildman–Crippen LogP) is 1.31. The Morgan fingerprint density at radius 2 is 1.21 bits per heavy atom. The van der Waals surface area contributed by atoms with E-state index < -0.39 is 0 Å². The molecule has 0 aromatic carbocycles. The van der Waals surface area contributed by atoms with Gasteiger partial charge in [0.2, 0.25) is 0 Å². The molecule has 0 saturated heterocycles. The van der Waals surface area contributed by atoms with Gasteiger partial charge in [0.1, 0.15) is 5.78 Å². The highest BCUT2D eigenvalue weighted by molar-refractivity contribution is 5.89. The van der Waals surface area contributed by atoms with Crippen LogP contribution in [-0.4, -0.2) is 18.9 Å². The van der Waals surface area contributed by atoms with Gasteiger partial charge in [-0.3, -0.25) is 4.79 Å². The fourth-order valence-corrected chi connectivity index (χ4v) is 1.86. The van der Waals surface area contributed by atoms with Crippen LogP contribution in [0.4, 0.5) is 0 Å². The standard InChI is InChI=1S/C11H24N2O/c1-10(2,5-7-12)9(14)11(3,4)6-8-13/h5-8,12-13H2,1-4H3. The minimum atomic E-state index is -0.326. The molecule has 3 nitrogen and oxygen atoms in total. The normalized spacial score (nSPS) is 13.0. The largest absolute Gasteiger partial charge is 0.330 e. The summed E-state index contributed by atoms with van der Waals surface area (Å²) in [5, 5.41) is 0. The van der Waals surface area contributed by atoms with Crippen LogP contribution in [0.1, 0.15) is 40.5 Å². The Bertz CT molecular complexity index is 177. The van der Waals surface area contributed by atoms with Crippen LogP contribution in [-0.2, 0) is 4.79 Å². The number of rotatable bonds is 6. The van der Waals surface area contributed by atoms with E-state index in [1.807, 2.05) is 27.7 Å². The Hall–Kier alpha value is -0.410. The lowest BCUT2D eigenvalue weighted by Crippen LogP contribution is -2.39. The number of nitrogens with two attached hydrogens (primary N) is 2. The van der Waals surface area contributed by atoms with Crippen molar-refractivity contribution in [3.05, 3.63) is 0 Å². The fourth-order valence-electron chi connectivity index (χ4n) is 1.86. The molecule has 0 aliphatic rings. The molecule has 3 heteroatoms. The van der Waals surface area contributed by atoms with Gasteiger partial charge in [-0.2, -0.15) is 0 Å². The lowest BCUT2D eigenvalue weighted by Gasteiger charge is -2.32. The molecule has 4 N–H and O–H groups in total. The molecule has 0 aromatic heterocycles. The SMILES string of the molecule is CC(C)(CCN)C(=O)C(C)(C)CCN. The van der Waals surface area contributed by atoms with Crippen molar-refractivity contribution in [3.8, 4) is 0 Å². The average molecular weight is 200 g/mol. The predicted molar refractivity (Wildman–Crippen MR) is 59.9 cm³/mol. The molecular formula is C11H24N2O. The fraction of sp³-hybridized carbons (Fsp3) is 0.909. The number of hydrogen-bond acceptors (Lipinski definition) is 3. The van der Waals surface area contributed by atoms with E-state index in [0.29, 0.717) is 13.1 Å². The van der Waals surface area contributed by atoms with Gasteiger partial charge in [-0.1, -0.05) is 27.7 Å². The van der Waals surface area contributed by atoms with Crippen molar-refractivity contribution in [2.24, 2.45) is 22.3 Å². The molecule has 0 aliphatic carbocycles. The Kier molecular flexibility index (Phi) is 4.75. The van der Waals surface area contributed by atoms with Crippen LogP contribution in [0, 0.1) is 10.8 Å². The van der Waals surface area contributed by atoms with Gasteiger partial charge in [0, 0.05) is 10.8 Å². The van der Waals surface area contributed by atoms with Gasteiger partial charge in [-0.05, 0) is 25.9 Å². The highest BCUT2D eigenvalue weighted by Gasteiger charge is 2.37. The van der Waals surface area contributed by atoms with E-state index in [-0.39, 0.29) is 16.6 Å². The molecule has 84 valence electrons. The van der Waals surface area contributed by atoms with E-state index in [0.717, 1.165) is 12.8 Å². The third-order valence-corrected chi connectivity index (χ3v) is 2.77. The van der Waals surface area contributed by atoms with Crippen molar-refractivity contribution in [1.29, 1.82) is 0 Å². The molecule has 14 heavy (non-hydrogen) atoms. The number of carbonyl (C=O) groups is 1. The van der Waals surface area contributed by atoms with Crippen LogP contribution in [0.5, 0.6) is 0 Å². The molecule has 0 amide bonds. The first kappa shape index (κ1) is 13.6. The van der Waals surface area contributed by atoms with Crippen molar-refractivity contribution < 1.29 is 4.79 Å². The van der Waals surface area contributed by atoms with Crippen LogP contribution >= 0.6 is 0 Å². The van der Waals surface area contributed by atoms with E-state index in [2.05, 4.69) is 0 Å². The van der Waals surface area contributed by atoms with Crippen LogP contribution in [0.3, 0.4) is 0 Å². The average Bonchev–Trinajstić information content (AvgIpc) is 2.02. The Labute approximate surface area is 87.2 Å². The first-order valence-corrected chi connectivity index (χ1v) is 5.23. The van der Waals surface area contributed by atoms with E-state index in [9.17, 15) is 4.79 Å². The highest BCUT2D eigenvalue weighted by Crippen LogP contribution is 2.33. The zero-order valence-corrected chi connectivity index (χ0v) is 9.89. The molecular weight excluding hydrogens is 176 g/mol. The number of Topliss-reactive ketones (excluding diaryl/α,β-unsaturated/α-hetero) is 1. The molecule has 0 aromatic rings. The summed E-state index contributed by atoms with van der Waals surface area (Å²) in [6, 6.07) is 0. The van der Waals surface area contributed by atoms with E-state index in [1.165, 1.54) is 0 Å². The smallest absolute Gasteiger partial charge is 0.144 e. The Balaban J connectivity index is 4.58. The summed E-state index contributed by atoms with van der Waals surface area (Å²) in [4.78, 5) is 12.2. The van der Waals surface area contributed by atoms with E-state index in [4.69, 9.17) is 11.5 Å². The lowest BCUT2D eigenvalue weighted by molar-refractivity contribution is -0.136. The van der Waals surface area contributed by atoms with Crippen molar-refractivity contribution in [2.75, 3.05) is 13.1 Å². The van der Waals surface area contributed by atoms with Gasteiger partial charge in [0.15, 0.2) is 0 Å². The summed E-state index contributed by atoms with van der Waals surface area (Å²) in [7, 11) is 0. The molecule has 0 rings (SSSR count). The second-order valence-electron chi connectivity index (χ2n) is 5.17. The summed E-state index contributed by atoms with van der Waals surface area (Å²) in [6.45, 7) is 8.94. The third-order valence-electron chi connectivity index (χ3n) is 2.77. The van der Waals surface area contributed by atoms with Crippen molar-refractivity contribution in [2.45, 2.75) is 40.5 Å². The van der Waals surface area contributed by atoms with Crippen molar-refractivity contribution in [1.82, 2.24) is 0 Å². The van der Waals surface area contributed by atoms with Crippen LogP contribution in [0.2, 0.25) is 0 Å². The van der Waals surface area contributed by atoms with Gasteiger partial charge >= 0.3 is 0 Å². The topological polar surface area (TPSA) is 69.1 Å². The highest BCUT2D eigenvalue weighted by atomic mass is 16.1. The van der Waals surface area contributed by atoms with Crippen molar-refractivity contribution in [3.63, 3.8) is 0 Å². The summed E-state index contributed by atoms with van der Waals surface area (Å²) in [5.41, 5.74) is 10.3. The maximum absolute atomic E-state index is 12.2. The molecule has 0 radical (unpaired) electrons. The quantitative estimate of drug-likeness (QED) is 0.679. The van der Waals surface area contributed by atoms with Gasteiger partial charge < -0.3 is 11.5 Å². The molecule has 0 unspecified atom stereocenters. The Morgan fingerprint density at radius 3 is 1.43 bits per heavy atom. The minimum Gasteiger partial charge on any atom is -0.330 e. The van der Waals surface area contributed by atoms with Gasteiger partial charge in [0.05, 0.1) is 0 Å². The Morgan fingerprint density at radius 1 is 0.929 bits per heavy atom. The maximum Gasteiger partial charge on any atom is 0.144 e. The second-order valence-corrected chi connectivity index (χ2v) is 5.17. The zero-order chi connectivity index (χ0) is 11.4. The molecule has 0 bridgehead atoms. The number of hydrogen-bond donors (Lipinski definition) is 2. The molecule has 0 atom stereocenters. The summed E-state index contributed by atoms with van der Waals surface area (Å²) in [5.74, 6) is 0.265. The molecule has 0 spiro atoms. The molecule has 0 aliphatic heterocycles. The second kappa shape index (κ2) is 4.89. The molecule has 0 saturated carbocycles. The van der Waals surface area contributed by atoms with Gasteiger partial charge in [0.25, 0.3) is 0 Å². The number of ketones is 1.